The van der Waals surface area contributed by atoms with Gasteiger partial charge in [0.2, 0.25) is 0 Å². The first kappa shape index (κ1) is 22.9. The van der Waals surface area contributed by atoms with Gasteiger partial charge in [-0.2, -0.15) is 13.2 Å². The first-order valence-electron chi connectivity index (χ1n) is 10.3. The fourth-order valence-electron chi connectivity index (χ4n) is 4.07. The van der Waals surface area contributed by atoms with Gasteiger partial charge < -0.3 is 9.47 Å². The maximum atomic E-state index is 13.3. The minimum absolute atomic E-state index is 0.145. The zero-order valence-electron chi connectivity index (χ0n) is 17.9. The van der Waals surface area contributed by atoms with Crippen LogP contribution < -0.4 is 0 Å². The number of halogens is 5. The summed E-state index contributed by atoms with van der Waals surface area (Å²) in [5, 5.41) is 0.628. The molecular formula is C23H22Cl2F3N3O. The van der Waals surface area contributed by atoms with Crippen LogP contribution in [0.1, 0.15) is 46.2 Å². The number of carbonyl (C=O) groups is 1. The van der Waals surface area contributed by atoms with Crippen molar-refractivity contribution in [2.24, 2.45) is 13.0 Å². The Bertz CT molecular complexity index is 1210. The van der Waals surface area contributed by atoms with Crippen molar-refractivity contribution in [3.63, 3.8) is 0 Å². The lowest BCUT2D eigenvalue weighted by Crippen LogP contribution is -2.49. The molecule has 4 nitrogen and oxygen atoms in total. The van der Waals surface area contributed by atoms with Gasteiger partial charge in [0.05, 0.1) is 27.2 Å². The number of aromatic nitrogens is 2. The smallest absolute Gasteiger partial charge is 0.338 e. The van der Waals surface area contributed by atoms with Gasteiger partial charge in [0, 0.05) is 31.6 Å². The van der Waals surface area contributed by atoms with E-state index < -0.39 is 11.7 Å². The second kappa shape index (κ2) is 8.27. The molecule has 170 valence electrons. The van der Waals surface area contributed by atoms with Crippen LogP contribution in [0.4, 0.5) is 13.2 Å². The number of imidazole rings is 1. The number of carbonyl (C=O) groups excluding carboxylic acids is 1. The van der Waals surface area contributed by atoms with Gasteiger partial charge in [0.1, 0.15) is 5.82 Å². The molecule has 0 atom stereocenters. The van der Waals surface area contributed by atoms with Crippen LogP contribution in [-0.2, 0) is 19.6 Å². The summed E-state index contributed by atoms with van der Waals surface area (Å²) in [6.07, 6.45) is -3.24. The number of benzene rings is 2. The monoisotopic (exact) mass is 483 g/mol. The third-order valence-electron chi connectivity index (χ3n) is 6.17. The number of hydrogen-bond donors (Lipinski definition) is 0. The summed E-state index contributed by atoms with van der Waals surface area (Å²) in [6, 6.07) is 5.43. The summed E-state index contributed by atoms with van der Waals surface area (Å²) >= 11 is 13.0. The van der Waals surface area contributed by atoms with Crippen molar-refractivity contribution in [1.29, 1.82) is 0 Å². The molecule has 1 aliphatic rings. The van der Waals surface area contributed by atoms with E-state index in [1.54, 1.807) is 35.6 Å². The third-order valence-corrected chi connectivity index (χ3v) is 6.96. The molecule has 1 fully saturated rings. The van der Waals surface area contributed by atoms with E-state index in [1.165, 1.54) is 0 Å². The Labute approximate surface area is 193 Å². The molecule has 3 aromatic rings. The van der Waals surface area contributed by atoms with Crippen LogP contribution in [0.3, 0.4) is 0 Å². The second-order valence-corrected chi connectivity index (χ2v) is 9.08. The van der Waals surface area contributed by atoms with Crippen molar-refractivity contribution in [1.82, 2.24) is 14.5 Å². The number of fused-ring (bicyclic) bond motifs is 1. The van der Waals surface area contributed by atoms with Crippen LogP contribution in [0, 0.1) is 12.8 Å². The predicted octanol–water partition coefficient (Wildman–Crippen LogP) is 6.28. The number of aryl methyl sites for hydroxylation is 2. The van der Waals surface area contributed by atoms with E-state index >= 15 is 0 Å². The highest BCUT2D eigenvalue weighted by Crippen LogP contribution is 2.35. The molecule has 1 aromatic heterocycles. The van der Waals surface area contributed by atoms with E-state index in [0.29, 0.717) is 57.6 Å². The van der Waals surface area contributed by atoms with E-state index in [2.05, 4.69) is 11.9 Å². The maximum Gasteiger partial charge on any atom is 0.416 e. The van der Waals surface area contributed by atoms with E-state index in [1.807, 2.05) is 0 Å². The van der Waals surface area contributed by atoms with Gasteiger partial charge in [0.25, 0.3) is 5.91 Å². The highest BCUT2D eigenvalue weighted by molar-refractivity contribution is 6.38. The fourth-order valence-corrected chi connectivity index (χ4v) is 4.66. The third kappa shape index (κ3) is 3.97. The lowest BCUT2D eigenvalue weighted by molar-refractivity contribution is -0.137. The van der Waals surface area contributed by atoms with Gasteiger partial charge >= 0.3 is 6.18 Å². The highest BCUT2D eigenvalue weighted by Gasteiger charge is 2.33. The largest absolute Gasteiger partial charge is 0.416 e. The summed E-state index contributed by atoms with van der Waals surface area (Å²) in [4.78, 5) is 19.2. The highest BCUT2D eigenvalue weighted by atomic mass is 35.5. The molecule has 0 spiro atoms. The lowest BCUT2D eigenvalue weighted by atomic mass is 9.96. The molecule has 0 saturated carbocycles. The summed E-state index contributed by atoms with van der Waals surface area (Å²) in [5.74, 6) is 0.869. The first-order chi connectivity index (χ1) is 15.0. The number of likely N-dealkylation sites (tertiary alicyclic amines) is 1. The van der Waals surface area contributed by atoms with Crippen LogP contribution in [0.2, 0.25) is 10.0 Å². The Morgan fingerprint density at radius 3 is 2.53 bits per heavy atom. The van der Waals surface area contributed by atoms with Gasteiger partial charge in [0.15, 0.2) is 0 Å². The molecule has 1 amide bonds. The second-order valence-electron chi connectivity index (χ2n) is 8.29. The number of rotatable bonds is 4. The first-order valence-corrected chi connectivity index (χ1v) is 11.1. The summed E-state index contributed by atoms with van der Waals surface area (Å²) in [5.41, 5.74) is 1.47. The zero-order valence-corrected chi connectivity index (χ0v) is 19.4. The number of amides is 1. The van der Waals surface area contributed by atoms with Crippen molar-refractivity contribution < 1.29 is 18.0 Å². The molecule has 32 heavy (non-hydrogen) atoms. The average molecular weight is 484 g/mol. The molecule has 2 heterocycles. The van der Waals surface area contributed by atoms with Crippen molar-refractivity contribution >= 4 is 40.1 Å². The molecule has 1 aliphatic heterocycles. The molecule has 0 radical (unpaired) electrons. The maximum absolute atomic E-state index is 13.3. The van der Waals surface area contributed by atoms with Crippen LogP contribution in [0.15, 0.2) is 24.3 Å². The van der Waals surface area contributed by atoms with E-state index in [0.717, 1.165) is 18.6 Å². The normalized spacial score (nSPS) is 14.8. The molecule has 4 rings (SSSR count). The lowest BCUT2D eigenvalue weighted by Gasteiger charge is -2.39. The molecule has 0 bridgehead atoms. The average Bonchev–Trinajstić information content (AvgIpc) is 3.00. The molecular weight excluding hydrogens is 462 g/mol. The van der Waals surface area contributed by atoms with E-state index in [4.69, 9.17) is 23.2 Å². The Kier molecular flexibility index (Phi) is 5.92. The van der Waals surface area contributed by atoms with Gasteiger partial charge in [-0.05, 0) is 54.7 Å². The predicted molar refractivity (Wildman–Crippen MR) is 119 cm³/mol. The Balaban J connectivity index is 1.71. The van der Waals surface area contributed by atoms with Crippen LogP contribution in [0.25, 0.3) is 11.0 Å². The van der Waals surface area contributed by atoms with Crippen LogP contribution >= 0.6 is 23.2 Å². The summed E-state index contributed by atoms with van der Waals surface area (Å²) < 4.78 is 41.4. The minimum Gasteiger partial charge on any atom is -0.338 e. The molecule has 0 N–H and O–H groups in total. The van der Waals surface area contributed by atoms with Crippen molar-refractivity contribution in [2.45, 2.75) is 32.9 Å². The molecule has 2 aromatic carbocycles. The van der Waals surface area contributed by atoms with E-state index in [-0.39, 0.29) is 17.4 Å². The van der Waals surface area contributed by atoms with Gasteiger partial charge in [-0.1, -0.05) is 30.1 Å². The summed E-state index contributed by atoms with van der Waals surface area (Å²) in [6.45, 7) is 5.10. The SMILES string of the molecule is CCC1CN(C(=O)c2ccc(Cl)c(Cc3nc4c(C)cc(C(F)(F)F)cc4n3C)c2Cl)C1. The summed E-state index contributed by atoms with van der Waals surface area (Å²) in [7, 11) is 1.66. The van der Waals surface area contributed by atoms with Gasteiger partial charge in [-0.3, -0.25) is 4.79 Å². The fraction of sp³-hybridized carbons (Fsp3) is 0.391. The van der Waals surface area contributed by atoms with Crippen molar-refractivity contribution in [2.75, 3.05) is 13.1 Å². The van der Waals surface area contributed by atoms with Crippen molar-refractivity contribution in [3.8, 4) is 0 Å². The molecule has 9 heteroatoms. The molecule has 1 saturated heterocycles. The van der Waals surface area contributed by atoms with Gasteiger partial charge in [-0.25, -0.2) is 4.98 Å². The number of hydrogen-bond acceptors (Lipinski definition) is 2. The Hall–Kier alpha value is -2.25. The molecule has 0 unspecified atom stereocenters. The van der Waals surface area contributed by atoms with Crippen LogP contribution in [0.5, 0.6) is 0 Å². The van der Waals surface area contributed by atoms with E-state index in [9.17, 15) is 18.0 Å². The standard InChI is InChI=1S/C23H22Cl2F3N3O/c1-4-13-10-31(11-13)22(32)15-5-6-17(24)16(20(15)25)9-19-29-21-12(2)7-14(23(26,27)28)8-18(21)30(19)3/h5-8,13H,4,9-11H2,1-3H3. The van der Waals surface area contributed by atoms with Crippen molar-refractivity contribution in [3.05, 3.63) is 62.4 Å². The van der Waals surface area contributed by atoms with Gasteiger partial charge in [-0.15, -0.1) is 0 Å². The minimum atomic E-state index is -4.45. The van der Waals surface area contributed by atoms with Crippen LogP contribution in [-0.4, -0.2) is 33.4 Å². The number of alkyl halides is 3. The zero-order chi connectivity index (χ0) is 23.4. The Morgan fingerprint density at radius 1 is 1.22 bits per heavy atom. The Morgan fingerprint density at radius 2 is 1.91 bits per heavy atom. The topological polar surface area (TPSA) is 38.1 Å². The molecule has 0 aliphatic carbocycles. The quantitative estimate of drug-likeness (QED) is 0.437. The number of nitrogens with zero attached hydrogens (tertiary/aromatic N) is 3.